The Bertz CT molecular complexity index is 1040. The third-order valence-electron chi connectivity index (χ3n) is 4.98. The van der Waals surface area contributed by atoms with Crippen molar-refractivity contribution in [2.24, 2.45) is 0 Å². The number of carbonyl (C=O) groups excluding carboxylic acids is 1. The van der Waals surface area contributed by atoms with Crippen LogP contribution in [0.2, 0.25) is 0 Å². The zero-order valence-electron chi connectivity index (χ0n) is 15.6. The minimum absolute atomic E-state index is 0.0933. The summed E-state index contributed by atoms with van der Waals surface area (Å²) in [6.45, 7) is 4.26. The smallest absolute Gasteiger partial charge is 0.224 e. The first-order valence-corrected chi connectivity index (χ1v) is 9.23. The lowest BCUT2D eigenvalue weighted by Gasteiger charge is -2.19. The number of hydrogen-bond acceptors (Lipinski definition) is 2. The second-order valence-electron chi connectivity index (χ2n) is 7.08. The van der Waals surface area contributed by atoms with E-state index >= 15 is 0 Å². The van der Waals surface area contributed by atoms with Crippen molar-refractivity contribution in [1.29, 1.82) is 0 Å². The fourth-order valence-electron chi connectivity index (χ4n) is 3.61. The van der Waals surface area contributed by atoms with Crippen molar-refractivity contribution in [3.8, 4) is 0 Å². The summed E-state index contributed by atoms with van der Waals surface area (Å²) in [6, 6.07) is 16.9. The topological polar surface area (TPSA) is 42.0 Å². The van der Waals surface area contributed by atoms with Crippen LogP contribution in [0.15, 0.2) is 60.9 Å². The molecule has 1 aromatic heterocycles. The van der Waals surface area contributed by atoms with E-state index in [1.165, 1.54) is 27.8 Å². The fraction of sp³-hybridized carbons (Fsp3) is 0.167. The first-order valence-electron chi connectivity index (χ1n) is 9.23. The second kappa shape index (κ2) is 7.20. The normalized spacial score (nSPS) is 13.9. The average Bonchev–Trinajstić information content (AvgIpc) is 2.67. The van der Waals surface area contributed by atoms with E-state index in [0.29, 0.717) is 6.42 Å². The molecule has 2 heterocycles. The molecule has 0 aliphatic carbocycles. The summed E-state index contributed by atoms with van der Waals surface area (Å²) >= 11 is 0. The molecule has 0 saturated heterocycles. The maximum atomic E-state index is 11.7. The lowest BCUT2D eigenvalue weighted by molar-refractivity contribution is -0.116. The molecule has 1 aliphatic heterocycles. The lowest BCUT2D eigenvalue weighted by atomic mass is 9.89. The Morgan fingerprint density at radius 2 is 1.96 bits per heavy atom. The highest BCUT2D eigenvalue weighted by Crippen LogP contribution is 2.32. The van der Waals surface area contributed by atoms with E-state index in [0.717, 1.165) is 23.2 Å². The van der Waals surface area contributed by atoms with Crippen molar-refractivity contribution >= 4 is 23.2 Å². The van der Waals surface area contributed by atoms with Gasteiger partial charge in [-0.05, 0) is 77.9 Å². The molecule has 27 heavy (non-hydrogen) atoms. The second-order valence-corrected chi connectivity index (χ2v) is 7.08. The monoisotopic (exact) mass is 354 g/mol. The van der Waals surface area contributed by atoms with Gasteiger partial charge in [0.25, 0.3) is 0 Å². The van der Waals surface area contributed by atoms with Gasteiger partial charge in [0.15, 0.2) is 0 Å². The SMILES string of the molecule is Cc1ccc(C(=Cc2cccnc2)c2ccc3c(c2)CCC(=O)N3)c(C)c1. The van der Waals surface area contributed by atoms with Crippen molar-refractivity contribution in [2.75, 3.05) is 5.32 Å². The number of pyridine rings is 1. The third-order valence-corrected chi connectivity index (χ3v) is 4.98. The van der Waals surface area contributed by atoms with Gasteiger partial charge in [0.05, 0.1) is 0 Å². The van der Waals surface area contributed by atoms with Gasteiger partial charge in [-0.25, -0.2) is 0 Å². The van der Waals surface area contributed by atoms with Gasteiger partial charge in [-0.2, -0.15) is 0 Å². The molecule has 0 radical (unpaired) electrons. The standard InChI is InChI=1S/C24H22N2O/c1-16-5-8-21(17(2)12-16)22(13-18-4-3-11-25-15-18)19-6-9-23-20(14-19)7-10-24(27)26-23/h3-6,8-9,11-15H,7,10H2,1-2H3,(H,26,27). The molecule has 2 aromatic carbocycles. The van der Waals surface area contributed by atoms with Crippen molar-refractivity contribution in [1.82, 2.24) is 4.98 Å². The van der Waals surface area contributed by atoms with Gasteiger partial charge in [-0.15, -0.1) is 0 Å². The summed E-state index contributed by atoms with van der Waals surface area (Å²) in [5.41, 5.74) is 9.22. The number of aryl methyl sites for hydroxylation is 3. The number of anilines is 1. The van der Waals surface area contributed by atoms with E-state index in [-0.39, 0.29) is 5.91 Å². The van der Waals surface area contributed by atoms with Gasteiger partial charge in [-0.1, -0.05) is 35.9 Å². The first-order chi connectivity index (χ1) is 13.1. The fourth-order valence-corrected chi connectivity index (χ4v) is 3.61. The minimum atomic E-state index is 0.0933. The molecule has 0 spiro atoms. The molecule has 1 amide bonds. The predicted octanol–water partition coefficient (Wildman–Crippen LogP) is 5.17. The molecule has 1 N–H and O–H groups in total. The molecule has 134 valence electrons. The van der Waals surface area contributed by atoms with Gasteiger partial charge in [0.1, 0.15) is 0 Å². The van der Waals surface area contributed by atoms with Gasteiger partial charge in [0.2, 0.25) is 5.91 Å². The van der Waals surface area contributed by atoms with Crippen LogP contribution in [0.1, 0.15) is 39.8 Å². The lowest BCUT2D eigenvalue weighted by Crippen LogP contribution is -2.18. The summed E-state index contributed by atoms with van der Waals surface area (Å²) in [4.78, 5) is 15.9. The number of carbonyl (C=O) groups is 1. The molecule has 4 rings (SSSR count). The van der Waals surface area contributed by atoms with Gasteiger partial charge in [-0.3, -0.25) is 9.78 Å². The van der Waals surface area contributed by atoms with E-state index < -0.39 is 0 Å². The number of aromatic nitrogens is 1. The van der Waals surface area contributed by atoms with Crippen LogP contribution in [-0.4, -0.2) is 10.9 Å². The van der Waals surface area contributed by atoms with Crippen LogP contribution in [0.3, 0.4) is 0 Å². The van der Waals surface area contributed by atoms with Crippen molar-refractivity contribution in [3.63, 3.8) is 0 Å². The highest BCUT2D eigenvalue weighted by atomic mass is 16.1. The average molecular weight is 354 g/mol. The van der Waals surface area contributed by atoms with Gasteiger partial charge in [0, 0.05) is 24.5 Å². The molecular weight excluding hydrogens is 332 g/mol. The van der Waals surface area contributed by atoms with Crippen LogP contribution in [0, 0.1) is 13.8 Å². The van der Waals surface area contributed by atoms with E-state index in [9.17, 15) is 4.79 Å². The molecule has 3 aromatic rings. The maximum Gasteiger partial charge on any atom is 0.224 e. The molecule has 3 nitrogen and oxygen atoms in total. The van der Waals surface area contributed by atoms with Crippen molar-refractivity contribution < 1.29 is 4.79 Å². The number of fused-ring (bicyclic) bond motifs is 1. The molecule has 1 aliphatic rings. The van der Waals surface area contributed by atoms with Crippen LogP contribution < -0.4 is 5.32 Å². The zero-order valence-corrected chi connectivity index (χ0v) is 15.6. The number of nitrogens with one attached hydrogen (secondary N) is 1. The Labute approximate surface area is 159 Å². The minimum Gasteiger partial charge on any atom is -0.326 e. The maximum absolute atomic E-state index is 11.7. The van der Waals surface area contributed by atoms with Gasteiger partial charge >= 0.3 is 0 Å². The highest BCUT2D eigenvalue weighted by molar-refractivity contribution is 5.96. The Balaban J connectivity index is 1.86. The first kappa shape index (κ1) is 17.2. The van der Waals surface area contributed by atoms with Crippen molar-refractivity contribution in [3.05, 3.63) is 94.3 Å². The number of amides is 1. The summed E-state index contributed by atoms with van der Waals surface area (Å²) in [5, 5.41) is 2.97. The molecule has 3 heteroatoms. The molecule has 0 bridgehead atoms. The Hall–Kier alpha value is -3.20. The number of nitrogens with zero attached hydrogens (tertiary/aromatic N) is 1. The highest BCUT2D eigenvalue weighted by Gasteiger charge is 2.17. The predicted molar refractivity (Wildman–Crippen MR) is 111 cm³/mol. The number of hydrogen-bond donors (Lipinski definition) is 1. The summed E-state index contributed by atoms with van der Waals surface area (Å²) in [5.74, 6) is 0.0933. The molecule has 0 fully saturated rings. The van der Waals surface area contributed by atoms with E-state index in [1.54, 1.807) is 6.20 Å². The van der Waals surface area contributed by atoms with Crippen LogP contribution >= 0.6 is 0 Å². The van der Waals surface area contributed by atoms with Gasteiger partial charge < -0.3 is 5.32 Å². The number of rotatable bonds is 3. The largest absolute Gasteiger partial charge is 0.326 e. The Morgan fingerprint density at radius 3 is 2.74 bits per heavy atom. The number of benzene rings is 2. The summed E-state index contributed by atoms with van der Waals surface area (Å²) in [6.07, 6.45) is 7.18. The van der Waals surface area contributed by atoms with Crippen LogP contribution in [0.25, 0.3) is 11.6 Å². The van der Waals surface area contributed by atoms with Crippen LogP contribution in [0.4, 0.5) is 5.69 Å². The Morgan fingerprint density at radius 1 is 1.07 bits per heavy atom. The zero-order chi connectivity index (χ0) is 18.8. The van der Waals surface area contributed by atoms with Crippen LogP contribution in [0.5, 0.6) is 0 Å². The molecule has 0 atom stereocenters. The van der Waals surface area contributed by atoms with Crippen LogP contribution in [-0.2, 0) is 11.2 Å². The summed E-state index contributed by atoms with van der Waals surface area (Å²) < 4.78 is 0. The molecule has 0 unspecified atom stereocenters. The van der Waals surface area contributed by atoms with Crippen molar-refractivity contribution in [2.45, 2.75) is 26.7 Å². The van der Waals surface area contributed by atoms with E-state index in [2.05, 4.69) is 66.6 Å². The Kier molecular flexibility index (Phi) is 4.59. The van der Waals surface area contributed by atoms with E-state index in [4.69, 9.17) is 0 Å². The summed E-state index contributed by atoms with van der Waals surface area (Å²) in [7, 11) is 0. The molecular formula is C24H22N2O. The van der Waals surface area contributed by atoms with E-state index in [1.807, 2.05) is 18.3 Å². The molecule has 0 saturated carbocycles. The quantitative estimate of drug-likeness (QED) is 0.705. The third kappa shape index (κ3) is 3.68.